The molecule has 0 saturated heterocycles. The van der Waals surface area contributed by atoms with Crippen molar-refractivity contribution in [2.75, 3.05) is 4.90 Å². The number of nitrogens with zero attached hydrogens (tertiary/aromatic N) is 1. The Morgan fingerprint density at radius 2 is 1.76 bits per heavy atom. The third kappa shape index (κ3) is 1.82. The van der Waals surface area contributed by atoms with E-state index in [1.807, 2.05) is 6.92 Å². The molecule has 2 amide bonds. The highest BCUT2D eigenvalue weighted by molar-refractivity contribution is 6.28. The van der Waals surface area contributed by atoms with E-state index in [2.05, 4.69) is 0 Å². The van der Waals surface area contributed by atoms with Crippen LogP contribution in [0.15, 0.2) is 24.3 Å². The lowest BCUT2D eigenvalue weighted by molar-refractivity contribution is -0.120. The van der Waals surface area contributed by atoms with Gasteiger partial charge in [0.2, 0.25) is 0 Å². The van der Waals surface area contributed by atoms with E-state index in [0.717, 1.165) is 10.5 Å². The molecule has 1 aromatic rings. The van der Waals surface area contributed by atoms with Crippen molar-refractivity contribution in [3.05, 3.63) is 35.4 Å². The number of benzene rings is 1. The third-order valence-corrected chi connectivity index (χ3v) is 2.78. The molecule has 1 aliphatic heterocycles. The van der Waals surface area contributed by atoms with Crippen molar-refractivity contribution in [3.8, 4) is 5.75 Å². The summed E-state index contributed by atoms with van der Waals surface area (Å²) in [7, 11) is 0. The molecule has 4 heteroatoms. The van der Waals surface area contributed by atoms with Gasteiger partial charge in [-0.1, -0.05) is 6.92 Å². The van der Waals surface area contributed by atoms with E-state index < -0.39 is 0 Å². The Hall–Kier alpha value is -2.10. The molecule has 0 aromatic heterocycles. The number of hydrogen-bond acceptors (Lipinski definition) is 3. The van der Waals surface area contributed by atoms with Gasteiger partial charge in [0.25, 0.3) is 11.8 Å². The van der Waals surface area contributed by atoms with Crippen molar-refractivity contribution in [1.82, 2.24) is 0 Å². The van der Waals surface area contributed by atoms with Crippen LogP contribution in [0.25, 0.3) is 0 Å². The average molecular weight is 231 g/mol. The van der Waals surface area contributed by atoms with Gasteiger partial charge in [0.15, 0.2) is 0 Å². The Morgan fingerprint density at radius 1 is 1.18 bits per heavy atom. The standard InChI is InChI=1S/C13H13NO3/c1-3-9-7-10(15)6-8(2)13(9)14-11(16)4-5-12(14)17/h4-7,15H,3H2,1-2H3. The van der Waals surface area contributed by atoms with Gasteiger partial charge < -0.3 is 5.11 Å². The Morgan fingerprint density at radius 3 is 2.29 bits per heavy atom. The molecule has 1 aromatic carbocycles. The Kier molecular flexibility index (Phi) is 2.71. The molecular formula is C13H13NO3. The van der Waals surface area contributed by atoms with Crippen LogP contribution >= 0.6 is 0 Å². The van der Waals surface area contributed by atoms with Gasteiger partial charge in [0.05, 0.1) is 5.69 Å². The fraction of sp³-hybridized carbons (Fsp3) is 0.231. The summed E-state index contributed by atoms with van der Waals surface area (Å²) in [5.41, 5.74) is 2.09. The number of anilines is 1. The summed E-state index contributed by atoms with van der Waals surface area (Å²) in [5.74, 6) is -0.521. The lowest BCUT2D eigenvalue weighted by Crippen LogP contribution is -2.31. The van der Waals surface area contributed by atoms with Crippen LogP contribution in [0.2, 0.25) is 0 Å². The maximum atomic E-state index is 11.6. The van der Waals surface area contributed by atoms with Crippen molar-refractivity contribution in [1.29, 1.82) is 0 Å². The number of hydrogen-bond donors (Lipinski definition) is 1. The summed E-state index contributed by atoms with van der Waals surface area (Å²) in [6.07, 6.45) is 3.16. The number of aromatic hydroxyl groups is 1. The molecule has 4 nitrogen and oxygen atoms in total. The van der Waals surface area contributed by atoms with Crippen LogP contribution in [0.4, 0.5) is 5.69 Å². The van der Waals surface area contributed by atoms with Gasteiger partial charge in [-0.3, -0.25) is 9.59 Å². The van der Waals surface area contributed by atoms with Crippen LogP contribution < -0.4 is 4.90 Å². The summed E-state index contributed by atoms with van der Waals surface area (Å²) < 4.78 is 0. The van der Waals surface area contributed by atoms with Crippen LogP contribution in [-0.4, -0.2) is 16.9 Å². The average Bonchev–Trinajstić information content (AvgIpc) is 2.59. The Labute approximate surface area is 99.2 Å². The molecule has 17 heavy (non-hydrogen) atoms. The molecule has 0 bridgehead atoms. The molecular weight excluding hydrogens is 218 g/mol. The van der Waals surface area contributed by atoms with Gasteiger partial charge in [0.1, 0.15) is 5.75 Å². The zero-order chi connectivity index (χ0) is 12.6. The molecule has 0 unspecified atom stereocenters. The molecule has 88 valence electrons. The van der Waals surface area contributed by atoms with E-state index >= 15 is 0 Å². The molecule has 0 radical (unpaired) electrons. The van der Waals surface area contributed by atoms with Gasteiger partial charge in [-0.05, 0) is 36.6 Å². The molecule has 1 aliphatic rings. The van der Waals surface area contributed by atoms with Crippen LogP contribution in [-0.2, 0) is 16.0 Å². The van der Waals surface area contributed by atoms with E-state index in [1.165, 1.54) is 12.2 Å². The molecule has 0 saturated carbocycles. The number of carbonyl (C=O) groups is 2. The highest BCUT2D eigenvalue weighted by Gasteiger charge is 2.28. The van der Waals surface area contributed by atoms with Crippen LogP contribution in [0, 0.1) is 6.92 Å². The van der Waals surface area contributed by atoms with Gasteiger partial charge >= 0.3 is 0 Å². The van der Waals surface area contributed by atoms with Crippen molar-refractivity contribution in [2.24, 2.45) is 0 Å². The first-order valence-electron chi connectivity index (χ1n) is 5.43. The van der Waals surface area contributed by atoms with E-state index in [1.54, 1.807) is 19.1 Å². The van der Waals surface area contributed by atoms with Crippen molar-refractivity contribution in [2.45, 2.75) is 20.3 Å². The minimum absolute atomic E-state index is 0.148. The Balaban J connectivity index is 2.59. The van der Waals surface area contributed by atoms with Gasteiger partial charge in [-0.2, -0.15) is 0 Å². The molecule has 0 fully saturated rings. The molecule has 0 spiro atoms. The molecule has 1 N–H and O–H groups in total. The number of imide groups is 1. The van der Waals surface area contributed by atoms with Gasteiger partial charge in [0, 0.05) is 12.2 Å². The van der Waals surface area contributed by atoms with Crippen LogP contribution in [0.3, 0.4) is 0 Å². The zero-order valence-corrected chi connectivity index (χ0v) is 9.73. The van der Waals surface area contributed by atoms with E-state index in [9.17, 15) is 14.7 Å². The number of carbonyl (C=O) groups excluding carboxylic acids is 2. The second kappa shape index (κ2) is 4.05. The maximum absolute atomic E-state index is 11.6. The normalized spacial score (nSPS) is 14.8. The third-order valence-electron chi connectivity index (χ3n) is 2.78. The van der Waals surface area contributed by atoms with Gasteiger partial charge in [-0.15, -0.1) is 0 Å². The summed E-state index contributed by atoms with van der Waals surface area (Å²) >= 11 is 0. The highest BCUT2D eigenvalue weighted by Crippen LogP contribution is 2.31. The zero-order valence-electron chi connectivity index (χ0n) is 9.73. The SMILES string of the molecule is CCc1cc(O)cc(C)c1N1C(=O)C=CC1=O. The second-order valence-corrected chi connectivity index (χ2v) is 3.97. The topological polar surface area (TPSA) is 57.6 Å². The maximum Gasteiger partial charge on any atom is 0.258 e. The number of rotatable bonds is 2. The summed E-state index contributed by atoms with van der Waals surface area (Å²) in [4.78, 5) is 24.4. The van der Waals surface area contributed by atoms with E-state index in [-0.39, 0.29) is 17.6 Å². The summed E-state index contributed by atoms with van der Waals surface area (Å²) in [6, 6.07) is 3.13. The minimum atomic E-state index is -0.335. The van der Waals surface area contributed by atoms with E-state index in [4.69, 9.17) is 0 Å². The monoisotopic (exact) mass is 231 g/mol. The quantitative estimate of drug-likeness (QED) is 0.788. The van der Waals surface area contributed by atoms with Crippen molar-refractivity contribution in [3.63, 3.8) is 0 Å². The fourth-order valence-electron chi connectivity index (χ4n) is 2.04. The fourth-order valence-corrected chi connectivity index (χ4v) is 2.04. The largest absolute Gasteiger partial charge is 0.508 e. The van der Waals surface area contributed by atoms with Crippen LogP contribution in [0.1, 0.15) is 18.1 Å². The summed E-state index contributed by atoms with van der Waals surface area (Å²) in [6.45, 7) is 3.68. The van der Waals surface area contributed by atoms with Crippen molar-refractivity contribution >= 4 is 17.5 Å². The lowest BCUT2D eigenvalue weighted by atomic mass is 10.0. The first kappa shape index (κ1) is 11.4. The molecule has 0 atom stereocenters. The first-order valence-corrected chi connectivity index (χ1v) is 5.43. The van der Waals surface area contributed by atoms with E-state index in [0.29, 0.717) is 17.7 Å². The summed E-state index contributed by atoms with van der Waals surface area (Å²) in [5, 5.41) is 9.52. The number of aryl methyl sites for hydroxylation is 2. The number of phenols is 1. The van der Waals surface area contributed by atoms with Crippen LogP contribution in [0.5, 0.6) is 5.75 Å². The molecule has 0 aliphatic carbocycles. The predicted molar refractivity (Wildman–Crippen MR) is 63.9 cm³/mol. The predicted octanol–water partition coefficient (Wildman–Crippen LogP) is 1.69. The highest BCUT2D eigenvalue weighted by atomic mass is 16.3. The first-order chi connectivity index (χ1) is 8.04. The number of amides is 2. The Bertz CT molecular complexity index is 514. The second-order valence-electron chi connectivity index (χ2n) is 3.97. The lowest BCUT2D eigenvalue weighted by Gasteiger charge is -2.20. The van der Waals surface area contributed by atoms with Gasteiger partial charge in [-0.25, -0.2) is 4.90 Å². The molecule has 2 rings (SSSR count). The molecule has 1 heterocycles. The smallest absolute Gasteiger partial charge is 0.258 e. The minimum Gasteiger partial charge on any atom is -0.508 e. The van der Waals surface area contributed by atoms with Crippen molar-refractivity contribution < 1.29 is 14.7 Å². The number of phenolic OH excluding ortho intramolecular Hbond substituents is 1.